The summed E-state index contributed by atoms with van der Waals surface area (Å²) in [6, 6.07) is 7.76. The summed E-state index contributed by atoms with van der Waals surface area (Å²) in [7, 11) is 0. The van der Waals surface area contributed by atoms with E-state index in [9.17, 15) is 5.11 Å². The van der Waals surface area contributed by atoms with Gasteiger partial charge in [-0.15, -0.1) is 0 Å². The largest absolute Gasteiger partial charge is 0.393 e. The van der Waals surface area contributed by atoms with Gasteiger partial charge in [0.05, 0.1) is 6.10 Å². The maximum atomic E-state index is 10.2. The minimum Gasteiger partial charge on any atom is -0.393 e. The molecule has 2 nitrogen and oxygen atoms in total. The van der Waals surface area contributed by atoms with Crippen LogP contribution in [0.5, 0.6) is 0 Å². The summed E-state index contributed by atoms with van der Waals surface area (Å²) in [6.07, 6.45) is 9.89. The molecule has 0 aromatic heterocycles. The Bertz CT molecular complexity index is 512. The molecule has 1 heterocycles. The van der Waals surface area contributed by atoms with Crippen molar-refractivity contribution in [3.8, 4) is 0 Å². The number of aliphatic hydroxyl groups excluding tert-OH is 1. The van der Waals surface area contributed by atoms with Crippen LogP contribution in [0.4, 0.5) is 0 Å². The smallest absolute Gasteiger partial charge is 0.0583 e. The van der Waals surface area contributed by atoms with Gasteiger partial charge in [0.25, 0.3) is 0 Å². The average Bonchev–Trinajstić information content (AvgIpc) is 3.18. The summed E-state index contributed by atoms with van der Waals surface area (Å²) in [4.78, 5) is 2.65. The number of nitrogens with zero attached hydrogens (tertiary/aromatic N) is 1. The minimum absolute atomic E-state index is 0.0457. The predicted molar refractivity (Wildman–Crippen MR) is 85.2 cm³/mol. The lowest BCUT2D eigenvalue weighted by Gasteiger charge is -2.31. The van der Waals surface area contributed by atoms with Crippen molar-refractivity contribution in [3.63, 3.8) is 0 Å². The standard InChI is InChI=1S/C19H27NO/c21-19-8-2-6-17(19)18-7-3-11-20(18)13-14-9-10-15-4-1-5-16(15)12-14/h9-10,12,17-19,21H,1-8,11,13H2. The Kier molecular flexibility index (Phi) is 3.76. The molecule has 1 aliphatic heterocycles. The third kappa shape index (κ3) is 2.64. The van der Waals surface area contributed by atoms with Crippen LogP contribution in [0.2, 0.25) is 0 Å². The molecule has 0 spiro atoms. The van der Waals surface area contributed by atoms with Gasteiger partial charge in [-0.25, -0.2) is 0 Å². The zero-order chi connectivity index (χ0) is 14.2. The van der Waals surface area contributed by atoms with Crippen LogP contribution in [0.25, 0.3) is 0 Å². The van der Waals surface area contributed by atoms with Crippen LogP contribution in [-0.2, 0) is 19.4 Å². The van der Waals surface area contributed by atoms with Crippen molar-refractivity contribution in [1.82, 2.24) is 4.90 Å². The van der Waals surface area contributed by atoms with Gasteiger partial charge >= 0.3 is 0 Å². The fraction of sp³-hybridized carbons (Fsp3) is 0.684. The maximum absolute atomic E-state index is 10.2. The monoisotopic (exact) mass is 285 g/mol. The first-order valence-corrected chi connectivity index (χ1v) is 8.84. The SMILES string of the molecule is OC1CCCC1C1CCCN1Cc1ccc2c(c1)CCC2. The van der Waals surface area contributed by atoms with Crippen molar-refractivity contribution in [3.05, 3.63) is 34.9 Å². The van der Waals surface area contributed by atoms with E-state index in [4.69, 9.17) is 0 Å². The topological polar surface area (TPSA) is 23.5 Å². The fourth-order valence-corrected chi connectivity index (χ4v) is 4.91. The second-order valence-corrected chi connectivity index (χ2v) is 7.30. The molecule has 1 N–H and O–H groups in total. The van der Waals surface area contributed by atoms with Crippen molar-refractivity contribution in [2.75, 3.05) is 6.54 Å². The molecule has 2 heteroatoms. The van der Waals surface area contributed by atoms with Crippen molar-refractivity contribution in [1.29, 1.82) is 0 Å². The highest BCUT2D eigenvalue weighted by atomic mass is 16.3. The number of hydrogen-bond donors (Lipinski definition) is 1. The van der Waals surface area contributed by atoms with E-state index in [1.165, 1.54) is 57.1 Å². The van der Waals surface area contributed by atoms with Crippen LogP contribution in [0.3, 0.4) is 0 Å². The Hall–Kier alpha value is -0.860. The first-order chi connectivity index (χ1) is 10.3. The molecule has 3 atom stereocenters. The summed E-state index contributed by atoms with van der Waals surface area (Å²) < 4.78 is 0. The molecule has 3 aliphatic rings. The second kappa shape index (κ2) is 5.73. The molecule has 114 valence electrons. The molecular weight excluding hydrogens is 258 g/mol. The molecule has 1 aromatic carbocycles. The molecule has 21 heavy (non-hydrogen) atoms. The Labute approximate surface area is 128 Å². The third-order valence-electron chi connectivity index (χ3n) is 5.99. The van der Waals surface area contributed by atoms with E-state index in [-0.39, 0.29) is 6.10 Å². The normalized spacial score (nSPS) is 32.7. The van der Waals surface area contributed by atoms with Crippen LogP contribution < -0.4 is 0 Å². The molecule has 2 aliphatic carbocycles. The Balaban J connectivity index is 1.48. The van der Waals surface area contributed by atoms with Crippen LogP contribution in [-0.4, -0.2) is 28.7 Å². The van der Waals surface area contributed by atoms with Crippen molar-refractivity contribution in [2.24, 2.45) is 5.92 Å². The van der Waals surface area contributed by atoms with E-state index >= 15 is 0 Å². The van der Waals surface area contributed by atoms with E-state index in [0.717, 1.165) is 13.0 Å². The van der Waals surface area contributed by atoms with Gasteiger partial charge in [-0.05, 0) is 68.2 Å². The lowest BCUT2D eigenvalue weighted by atomic mass is 9.93. The Morgan fingerprint density at radius 2 is 1.90 bits per heavy atom. The molecule has 1 saturated heterocycles. The molecule has 0 amide bonds. The van der Waals surface area contributed by atoms with Crippen LogP contribution in [0.15, 0.2) is 18.2 Å². The highest BCUT2D eigenvalue weighted by molar-refractivity contribution is 5.35. The number of rotatable bonds is 3. The van der Waals surface area contributed by atoms with Gasteiger partial charge in [-0.2, -0.15) is 0 Å². The molecule has 0 bridgehead atoms. The third-order valence-corrected chi connectivity index (χ3v) is 5.99. The van der Waals surface area contributed by atoms with Crippen molar-refractivity contribution < 1.29 is 5.11 Å². The molecule has 4 rings (SSSR count). The van der Waals surface area contributed by atoms with Gasteiger partial charge in [0.1, 0.15) is 0 Å². The van der Waals surface area contributed by atoms with Crippen LogP contribution in [0.1, 0.15) is 55.2 Å². The summed E-state index contributed by atoms with van der Waals surface area (Å²) in [5.74, 6) is 0.530. The molecule has 0 radical (unpaired) electrons. The molecule has 3 unspecified atom stereocenters. The number of aryl methyl sites for hydroxylation is 2. The Morgan fingerprint density at radius 1 is 1.00 bits per heavy atom. The summed E-state index contributed by atoms with van der Waals surface area (Å²) in [6.45, 7) is 2.30. The van der Waals surface area contributed by atoms with Gasteiger partial charge in [-0.3, -0.25) is 4.90 Å². The Morgan fingerprint density at radius 3 is 2.76 bits per heavy atom. The number of fused-ring (bicyclic) bond motifs is 1. The fourth-order valence-electron chi connectivity index (χ4n) is 4.91. The molecule has 1 saturated carbocycles. The van der Waals surface area contributed by atoms with Gasteiger partial charge in [0.2, 0.25) is 0 Å². The highest BCUT2D eigenvalue weighted by Gasteiger charge is 2.38. The lowest BCUT2D eigenvalue weighted by Crippen LogP contribution is -2.38. The summed E-state index contributed by atoms with van der Waals surface area (Å²) in [5.41, 5.74) is 4.64. The maximum Gasteiger partial charge on any atom is 0.0583 e. The number of benzene rings is 1. The van der Waals surface area contributed by atoms with E-state index in [1.54, 1.807) is 11.1 Å². The predicted octanol–water partition coefficient (Wildman–Crippen LogP) is 3.30. The minimum atomic E-state index is -0.0457. The van der Waals surface area contributed by atoms with Gasteiger partial charge in [0.15, 0.2) is 0 Å². The zero-order valence-corrected chi connectivity index (χ0v) is 12.9. The van der Waals surface area contributed by atoms with Gasteiger partial charge < -0.3 is 5.11 Å². The van der Waals surface area contributed by atoms with E-state index in [0.29, 0.717) is 12.0 Å². The van der Waals surface area contributed by atoms with Crippen molar-refractivity contribution in [2.45, 2.75) is 70.1 Å². The highest BCUT2D eigenvalue weighted by Crippen LogP contribution is 2.36. The number of hydrogen-bond acceptors (Lipinski definition) is 2. The first kappa shape index (κ1) is 13.8. The summed E-state index contributed by atoms with van der Waals surface area (Å²) >= 11 is 0. The molecule has 1 aromatic rings. The number of likely N-dealkylation sites (tertiary alicyclic amines) is 1. The van der Waals surface area contributed by atoms with Gasteiger partial charge in [-0.1, -0.05) is 24.6 Å². The molecule has 2 fully saturated rings. The van der Waals surface area contributed by atoms with E-state index < -0.39 is 0 Å². The van der Waals surface area contributed by atoms with Gasteiger partial charge in [0, 0.05) is 18.5 Å². The quantitative estimate of drug-likeness (QED) is 0.921. The van der Waals surface area contributed by atoms with Crippen LogP contribution in [0, 0.1) is 5.92 Å². The summed E-state index contributed by atoms with van der Waals surface area (Å²) in [5, 5.41) is 10.2. The van der Waals surface area contributed by atoms with Crippen LogP contribution >= 0.6 is 0 Å². The second-order valence-electron chi connectivity index (χ2n) is 7.30. The lowest BCUT2D eigenvalue weighted by molar-refractivity contribution is 0.0719. The van der Waals surface area contributed by atoms with E-state index in [1.807, 2.05) is 0 Å². The molecular formula is C19H27NO. The zero-order valence-electron chi connectivity index (χ0n) is 12.9. The van der Waals surface area contributed by atoms with Crippen molar-refractivity contribution >= 4 is 0 Å². The number of aliphatic hydroxyl groups is 1. The first-order valence-electron chi connectivity index (χ1n) is 8.84. The van der Waals surface area contributed by atoms with E-state index in [2.05, 4.69) is 23.1 Å². The average molecular weight is 285 g/mol.